The maximum atomic E-state index is 13.1. The van der Waals surface area contributed by atoms with Crippen LogP contribution in [0.4, 0.5) is 0 Å². The Morgan fingerprint density at radius 2 is 1.16 bits per heavy atom. The normalized spacial score (nSPS) is 11.3. The SMILES string of the molecule is O=c1c(-c2ccc(CCCC[P+](c3ccccc3)(c3ccccc3)c3ccccc3)cc2)coc2c(O)c(O)ccc12.[Br-]. The summed E-state index contributed by atoms with van der Waals surface area (Å²) in [5.74, 6) is -0.747. The molecule has 43 heavy (non-hydrogen) atoms. The first-order chi connectivity index (χ1) is 20.6. The summed E-state index contributed by atoms with van der Waals surface area (Å²) in [5, 5.41) is 24.2. The predicted octanol–water partition coefficient (Wildman–Crippen LogP) is 4.19. The molecular weight excluding hydrogens is 619 g/mol. The van der Waals surface area contributed by atoms with Crippen LogP contribution in [0.15, 0.2) is 143 Å². The van der Waals surface area contributed by atoms with Gasteiger partial charge in [0.2, 0.25) is 11.2 Å². The number of halogens is 1. The average molecular weight is 652 g/mol. The van der Waals surface area contributed by atoms with Crippen molar-refractivity contribution in [2.24, 2.45) is 0 Å². The lowest BCUT2D eigenvalue weighted by atomic mass is 10.0. The summed E-state index contributed by atoms with van der Waals surface area (Å²) in [6, 6.07) is 43.7. The van der Waals surface area contributed by atoms with E-state index in [0.717, 1.165) is 31.0 Å². The summed E-state index contributed by atoms with van der Waals surface area (Å²) in [5.41, 5.74) is 2.13. The molecule has 216 valence electrons. The molecule has 0 atom stereocenters. The van der Waals surface area contributed by atoms with Crippen LogP contribution in [0.5, 0.6) is 11.5 Å². The summed E-state index contributed by atoms with van der Waals surface area (Å²) in [4.78, 5) is 13.1. The van der Waals surface area contributed by atoms with Crippen LogP contribution in [0.3, 0.4) is 0 Å². The summed E-state index contributed by atoms with van der Waals surface area (Å²) >= 11 is 0. The van der Waals surface area contributed by atoms with Crippen molar-refractivity contribution >= 4 is 34.1 Å². The molecule has 6 heteroatoms. The van der Waals surface area contributed by atoms with Gasteiger partial charge in [-0.3, -0.25) is 4.79 Å². The van der Waals surface area contributed by atoms with E-state index in [2.05, 4.69) is 103 Å². The molecule has 1 aromatic heterocycles. The first kappa shape index (κ1) is 30.3. The smallest absolute Gasteiger partial charge is 0.201 e. The summed E-state index contributed by atoms with van der Waals surface area (Å²) in [7, 11) is -1.83. The number of hydrogen-bond donors (Lipinski definition) is 2. The van der Waals surface area contributed by atoms with Crippen LogP contribution < -0.4 is 38.3 Å². The molecule has 1 heterocycles. The van der Waals surface area contributed by atoms with Crippen molar-refractivity contribution in [3.8, 4) is 22.6 Å². The van der Waals surface area contributed by atoms with Crippen LogP contribution in [0.1, 0.15) is 18.4 Å². The highest BCUT2D eigenvalue weighted by Gasteiger charge is 2.44. The van der Waals surface area contributed by atoms with Gasteiger partial charge >= 0.3 is 0 Å². The average Bonchev–Trinajstić information content (AvgIpc) is 3.05. The molecule has 0 aliphatic rings. The van der Waals surface area contributed by atoms with E-state index in [1.807, 2.05) is 12.1 Å². The molecule has 0 saturated carbocycles. The minimum Gasteiger partial charge on any atom is -1.00 e. The molecule has 6 rings (SSSR count). The van der Waals surface area contributed by atoms with Crippen LogP contribution in [0.2, 0.25) is 0 Å². The largest absolute Gasteiger partial charge is 1.00 e. The van der Waals surface area contributed by atoms with E-state index in [1.165, 1.54) is 39.9 Å². The maximum Gasteiger partial charge on any atom is 0.201 e. The van der Waals surface area contributed by atoms with Crippen molar-refractivity contribution in [3.63, 3.8) is 0 Å². The molecule has 0 aliphatic heterocycles. The van der Waals surface area contributed by atoms with Crippen molar-refractivity contribution in [1.29, 1.82) is 0 Å². The second-order valence-corrected chi connectivity index (χ2v) is 14.1. The highest BCUT2D eigenvalue weighted by Crippen LogP contribution is 2.56. The number of benzene rings is 5. The zero-order valence-electron chi connectivity index (χ0n) is 23.6. The second kappa shape index (κ2) is 13.4. The molecule has 0 saturated heterocycles. The van der Waals surface area contributed by atoms with Crippen molar-refractivity contribution in [1.82, 2.24) is 0 Å². The Hall–Kier alpha value is -4.18. The third kappa shape index (κ3) is 6.01. The lowest BCUT2D eigenvalue weighted by Gasteiger charge is -2.27. The molecule has 0 fully saturated rings. The Labute approximate surface area is 262 Å². The van der Waals surface area contributed by atoms with E-state index in [1.54, 1.807) is 0 Å². The fraction of sp³-hybridized carbons (Fsp3) is 0.108. The van der Waals surface area contributed by atoms with Gasteiger partial charge in [0, 0.05) is 0 Å². The summed E-state index contributed by atoms with van der Waals surface area (Å²) in [6.07, 6.45) is 5.51. The van der Waals surface area contributed by atoms with E-state index in [-0.39, 0.29) is 39.1 Å². The van der Waals surface area contributed by atoms with E-state index >= 15 is 0 Å². The molecule has 0 amide bonds. The van der Waals surface area contributed by atoms with Crippen molar-refractivity contribution in [2.75, 3.05) is 6.16 Å². The topological polar surface area (TPSA) is 70.7 Å². The second-order valence-electron chi connectivity index (χ2n) is 10.5. The molecule has 0 aliphatic carbocycles. The van der Waals surface area contributed by atoms with Crippen LogP contribution in [-0.4, -0.2) is 16.4 Å². The fourth-order valence-corrected chi connectivity index (χ4v) is 10.2. The van der Waals surface area contributed by atoms with Crippen LogP contribution in [-0.2, 0) is 6.42 Å². The maximum absolute atomic E-state index is 13.1. The molecule has 4 nitrogen and oxygen atoms in total. The zero-order valence-corrected chi connectivity index (χ0v) is 26.0. The number of hydrogen-bond acceptors (Lipinski definition) is 4. The third-order valence-corrected chi connectivity index (χ3v) is 12.5. The first-order valence-corrected chi connectivity index (χ1v) is 16.2. The number of unbranched alkanes of at least 4 members (excludes halogenated alkanes) is 1. The minimum atomic E-state index is -1.83. The molecular formula is C37H32BrO4P. The third-order valence-electron chi connectivity index (χ3n) is 7.96. The van der Waals surface area contributed by atoms with Crippen LogP contribution in [0, 0.1) is 0 Å². The van der Waals surface area contributed by atoms with Gasteiger partial charge in [-0.1, -0.05) is 78.9 Å². The number of aryl methyl sites for hydroxylation is 1. The monoisotopic (exact) mass is 650 g/mol. The van der Waals surface area contributed by atoms with Crippen molar-refractivity contribution < 1.29 is 31.6 Å². The predicted molar refractivity (Wildman–Crippen MR) is 174 cm³/mol. The van der Waals surface area contributed by atoms with Gasteiger partial charge in [0.15, 0.2) is 11.3 Å². The lowest BCUT2D eigenvalue weighted by molar-refractivity contribution is -0.0000102. The number of phenols is 2. The van der Waals surface area contributed by atoms with Gasteiger partial charge in [-0.2, -0.15) is 0 Å². The standard InChI is InChI=1S/C37H31O4P.BrH/c38-34-24-23-32-35(39)33(26-41-37(32)36(34)40)28-21-19-27(20-22-28)12-10-11-25-42(29-13-4-1-5-14-29,30-15-6-2-7-16-30)31-17-8-3-9-18-31;/h1-9,13-24,26H,10-12,25H2,(H-,38,39,40);1H. The van der Waals surface area contributed by atoms with Gasteiger partial charge in [-0.05, 0) is 78.9 Å². The Morgan fingerprint density at radius 3 is 1.70 bits per heavy atom. The van der Waals surface area contributed by atoms with Crippen LogP contribution >= 0.6 is 7.26 Å². The molecule has 0 bridgehead atoms. The van der Waals surface area contributed by atoms with Gasteiger partial charge in [0.05, 0.1) is 17.1 Å². The van der Waals surface area contributed by atoms with Gasteiger partial charge < -0.3 is 31.6 Å². The number of fused-ring (bicyclic) bond motifs is 1. The molecule has 2 N–H and O–H groups in total. The molecule has 6 aromatic rings. The van der Waals surface area contributed by atoms with E-state index in [9.17, 15) is 15.0 Å². The Balaban J connectivity index is 0.00000368. The molecule has 5 aromatic carbocycles. The quantitative estimate of drug-likeness (QED) is 0.140. The fourth-order valence-electron chi connectivity index (χ4n) is 5.79. The van der Waals surface area contributed by atoms with Crippen molar-refractivity contribution in [3.05, 3.63) is 149 Å². The number of phenolic OH excluding ortho intramolecular Hbond substituents is 2. The zero-order chi connectivity index (χ0) is 28.9. The molecule has 0 unspecified atom stereocenters. The van der Waals surface area contributed by atoms with E-state index < -0.39 is 13.0 Å². The number of aromatic hydroxyl groups is 2. The Kier molecular flexibility index (Phi) is 9.45. The van der Waals surface area contributed by atoms with Gasteiger partial charge in [0.1, 0.15) is 29.4 Å². The first-order valence-electron chi connectivity index (χ1n) is 14.2. The van der Waals surface area contributed by atoms with Gasteiger partial charge in [-0.25, -0.2) is 0 Å². The minimum absolute atomic E-state index is 0. The van der Waals surface area contributed by atoms with E-state index in [4.69, 9.17) is 4.42 Å². The number of rotatable bonds is 9. The van der Waals surface area contributed by atoms with Gasteiger partial charge in [-0.15, -0.1) is 0 Å². The highest BCUT2D eigenvalue weighted by atomic mass is 79.9. The molecule has 0 radical (unpaired) electrons. The van der Waals surface area contributed by atoms with E-state index in [0.29, 0.717) is 5.56 Å². The highest BCUT2D eigenvalue weighted by molar-refractivity contribution is 7.95. The van der Waals surface area contributed by atoms with Gasteiger partial charge in [0.25, 0.3) is 0 Å². The summed E-state index contributed by atoms with van der Waals surface area (Å²) in [6.45, 7) is 0. The Morgan fingerprint density at radius 1 is 0.628 bits per heavy atom. The van der Waals surface area contributed by atoms with Crippen molar-refractivity contribution in [2.45, 2.75) is 19.3 Å². The molecule has 0 spiro atoms. The van der Waals surface area contributed by atoms with Crippen LogP contribution in [0.25, 0.3) is 22.1 Å². The summed E-state index contributed by atoms with van der Waals surface area (Å²) < 4.78 is 5.53. The lowest BCUT2D eigenvalue weighted by Crippen LogP contribution is -3.00. The Bertz CT molecular complexity index is 1760.